The van der Waals surface area contributed by atoms with Crippen LogP contribution in [0.1, 0.15) is 25.8 Å². The summed E-state index contributed by atoms with van der Waals surface area (Å²) in [6, 6.07) is 21.1. The molecular formula is C26H17ClN2O5S. The number of para-hydroxylation sites is 1. The van der Waals surface area contributed by atoms with Crippen molar-refractivity contribution < 1.29 is 23.5 Å². The van der Waals surface area contributed by atoms with Crippen LogP contribution in [0.25, 0.3) is 21.1 Å². The number of halogens is 1. The van der Waals surface area contributed by atoms with E-state index in [2.05, 4.69) is 10.5 Å². The van der Waals surface area contributed by atoms with Gasteiger partial charge in [-0.1, -0.05) is 29.8 Å². The van der Waals surface area contributed by atoms with E-state index in [0.717, 1.165) is 15.5 Å². The standard InChI is InChI=1S/C26H17ClN2O5S/c1-32-18-10-11-19-22(13-18)35-24(23(19)27)26(31)33-17-8-6-15(7-9-17)14-28-29-25(30)21-12-16-4-2-3-5-20(16)34-21/h2-14H,1H3,(H,29,30). The van der Waals surface area contributed by atoms with Crippen molar-refractivity contribution in [2.24, 2.45) is 5.10 Å². The lowest BCUT2D eigenvalue weighted by Gasteiger charge is -2.03. The number of nitrogens with zero attached hydrogens (tertiary/aromatic N) is 1. The Morgan fingerprint density at radius 1 is 1.03 bits per heavy atom. The lowest BCUT2D eigenvalue weighted by Crippen LogP contribution is -2.16. The molecule has 7 nitrogen and oxygen atoms in total. The number of hydrazone groups is 1. The maximum absolute atomic E-state index is 12.7. The largest absolute Gasteiger partial charge is 0.497 e. The first-order valence-electron chi connectivity index (χ1n) is 10.4. The highest BCUT2D eigenvalue weighted by molar-refractivity contribution is 7.21. The predicted molar refractivity (Wildman–Crippen MR) is 136 cm³/mol. The molecule has 0 aliphatic rings. The smallest absolute Gasteiger partial charge is 0.355 e. The summed E-state index contributed by atoms with van der Waals surface area (Å²) in [5, 5.41) is 5.91. The number of amides is 1. The van der Waals surface area contributed by atoms with Gasteiger partial charge < -0.3 is 13.9 Å². The van der Waals surface area contributed by atoms with Gasteiger partial charge in [-0.05, 0) is 60.2 Å². The monoisotopic (exact) mass is 504 g/mol. The van der Waals surface area contributed by atoms with Gasteiger partial charge in [-0.3, -0.25) is 4.79 Å². The zero-order chi connectivity index (χ0) is 24.4. The van der Waals surface area contributed by atoms with Crippen molar-refractivity contribution in [3.05, 3.63) is 94.0 Å². The number of ether oxygens (including phenoxy) is 2. The molecule has 3 aromatic carbocycles. The molecule has 5 aromatic rings. The Morgan fingerprint density at radius 2 is 1.80 bits per heavy atom. The summed E-state index contributed by atoms with van der Waals surface area (Å²) in [7, 11) is 1.58. The number of hydrogen-bond donors (Lipinski definition) is 1. The maximum atomic E-state index is 12.7. The van der Waals surface area contributed by atoms with Gasteiger partial charge in [0.25, 0.3) is 0 Å². The van der Waals surface area contributed by atoms with Crippen LogP contribution in [0.3, 0.4) is 0 Å². The highest BCUT2D eigenvalue weighted by atomic mass is 35.5. The molecule has 0 radical (unpaired) electrons. The molecule has 0 aliphatic heterocycles. The molecule has 0 unspecified atom stereocenters. The Hall–Kier alpha value is -4.14. The number of benzene rings is 3. The Morgan fingerprint density at radius 3 is 2.57 bits per heavy atom. The number of carbonyl (C=O) groups excluding carboxylic acids is 2. The minimum atomic E-state index is -0.547. The van der Waals surface area contributed by atoms with Crippen molar-refractivity contribution in [3.63, 3.8) is 0 Å². The summed E-state index contributed by atoms with van der Waals surface area (Å²) in [5.41, 5.74) is 3.76. The number of fused-ring (bicyclic) bond motifs is 2. The van der Waals surface area contributed by atoms with E-state index >= 15 is 0 Å². The van der Waals surface area contributed by atoms with Crippen LogP contribution in [0.4, 0.5) is 0 Å². The second-order valence-electron chi connectivity index (χ2n) is 7.41. The fourth-order valence-electron chi connectivity index (χ4n) is 3.39. The molecule has 9 heteroatoms. The molecule has 2 heterocycles. The van der Waals surface area contributed by atoms with Gasteiger partial charge in [-0.15, -0.1) is 11.3 Å². The van der Waals surface area contributed by atoms with E-state index in [-0.39, 0.29) is 5.76 Å². The third-order valence-electron chi connectivity index (χ3n) is 5.14. The van der Waals surface area contributed by atoms with Crippen molar-refractivity contribution in [1.29, 1.82) is 0 Å². The van der Waals surface area contributed by atoms with Crippen molar-refractivity contribution in [2.75, 3.05) is 7.11 Å². The van der Waals surface area contributed by atoms with Crippen LogP contribution >= 0.6 is 22.9 Å². The SMILES string of the molecule is COc1ccc2c(Cl)c(C(=O)Oc3ccc(C=NNC(=O)c4cc5ccccc5o4)cc3)sc2c1. The number of thiophene rings is 1. The van der Waals surface area contributed by atoms with Gasteiger partial charge in [0.15, 0.2) is 5.76 Å². The fourth-order valence-corrected chi connectivity index (χ4v) is 4.81. The summed E-state index contributed by atoms with van der Waals surface area (Å²) in [6.45, 7) is 0. The summed E-state index contributed by atoms with van der Waals surface area (Å²) in [6.07, 6.45) is 1.47. The molecule has 0 saturated carbocycles. The van der Waals surface area contributed by atoms with Crippen LogP contribution in [0.2, 0.25) is 5.02 Å². The lowest BCUT2D eigenvalue weighted by atomic mass is 10.2. The van der Waals surface area contributed by atoms with Crippen LogP contribution < -0.4 is 14.9 Å². The van der Waals surface area contributed by atoms with Crippen LogP contribution in [0, 0.1) is 0 Å². The third kappa shape index (κ3) is 4.75. The lowest BCUT2D eigenvalue weighted by molar-refractivity contribution is 0.0739. The van der Waals surface area contributed by atoms with Crippen molar-refractivity contribution >= 4 is 62.1 Å². The van der Waals surface area contributed by atoms with Crippen LogP contribution in [-0.2, 0) is 0 Å². The van der Waals surface area contributed by atoms with E-state index in [9.17, 15) is 9.59 Å². The first kappa shape index (κ1) is 22.6. The predicted octanol–water partition coefficient (Wildman–Crippen LogP) is 6.29. The van der Waals surface area contributed by atoms with Crippen molar-refractivity contribution in [1.82, 2.24) is 5.43 Å². The minimum absolute atomic E-state index is 0.170. The summed E-state index contributed by atoms with van der Waals surface area (Å²) in [5.74, 6) is 0.199. The molecule has 0 aliphatic carbocycles. The van der Waals surface area contributed by atoms with Gasteiger partial charge >= 0.3 is 11.9 Å². The molecule has 0 atom stereocenters. The number of rotatable bonds is 6. The van der Waals surface area contributed by atoms with E-state index in [1.165, 1.54) is 17.6 Å². The summed E-state index contributed by atoms with van der Waals surface area (Å²) < 4.78 is 17.0. The molecule has 0 bridgehead atoms. The highest BCUT2D eigenvalue weighted by Crippen LogP contribution is 2.37. The number of nitrogens with one attached hydrogen (secondary N) is 1. The van der Waals surface area contributed by atoms with Gasteiger partial charge in [-0.25, -0.2) is 10.2 Å². The maximum Gasteiger partial charge on any atom is 0.355 e. The summed E-state index contributed by atoms with van der Waals surface area (Å²) >= 11 is 7.64. The molecule has 0 fully saturated rings. The fraction of sp³-hybridized carbons (Fsp3) is 0.0385. The van der Waals surface area contributed by atoms with E-state index in [1.54, 1.807) is 49.6 Å². The average molecular weight is 505 g/mol. The first-order valence-corrected chi connectivity index (χ1v) is 11.6. The molecule has 5 rings (SSSR count). The second-order valence-corrected chi connectivity index (χ2v) is 8.84. The normalized spacial score (nSPS) is 11.3. The zero-order valence-electron chi connectivity index (χ0n) is 18.3. The number of furan rings is 1. The van der Waals surface area contributed by atoms with E-state index < -0.39 is 11.9 Å². The Kier molecular flexibility index (Phi) is 6.22. The molecule has 0 saturated heterocycles. The third-order valence-corrected chi connectivity index (χ3v) is 6.78. The molecule has 35 heavy (non-hydrogen) atoms. The molecule has 2 aromatic heterocycles. The zero-order valence-corrected chi connectivity index (χ0v) is 19.9. The number of carbonyl (C=O) groups is 2. The van der Waals surface area contributed by atoms with Gasteiger partial charge in [0.2, 0.25) is 0 Å². The molecular weight excluding hydrogens is 488 g/mol. The molecule has 0 spiro atoms. The quantitative estimate of drug-likeness (QED) is 0.127. The topological polar surface area (TPSA) is 90.1 Å². The first-order chi connectivity index (χ1) is 17.0. The van der Waals surface area contributed by atoms with E-state index in [0.29, 0.717) is 32.5 Å². The van der Waals surface area contributed by atoms with Gasteiger partial charge in [0.1, 0.15) is 22.0 Å². The summed E-state index contributed by atoms with van der Waals surface area (Å²) in [4.78, 5) is 25.2. The average Bonchev–Trinajstić information content (AvgIpc) is 3.46. The Labute approximate surface area is 208 Å². The van der Waals surface area contributed by atoms with E-state index in [4.69, 9.17) is 25.5 Å². The van der Waals surface area contributed by atoms with Crippen LogP contribution in [0.5, 0.6) is 11.5 Å². The van der Waals surface area contributed by atoms with Gasteiger partial charge in [0, 0.05) is 15.5 Å². The van der Waals surface area contributed by atoms with Crippen LogP contribution in [-0.4, -0.2) is 25.2 Å². The second kappa shape index (κ2) is 9.61. The number of hydrogen-bond acceptors (Lipinski definition) is 7. The molecule has 1 amide bonds. The van der Waals surface area contributed by atoms with Gasteiger partial charge in [0.05, 0.1) is 18.3 Å². The number of methoxy groups -OCH3 is 1. The minimum Gasteiger partial charge on any atom is -0.497 e. The Bertz CT molecular complexity index is 1550. The van der Waals surface area contributed by atoms with Crippen LogP contribution in [0.15, 0.2) is 82.3 Å². The molecule has 1 N–H and O–H groups in total. The van der Waals surface area contributed by atoms with Gasteiger partial charge in [-0.2, -0.15) is 5.10 Å². The number of esters is 1. The Balaban J connectivity index is 1.22. The highest BCUT2D eigenvalue weighted by Gasteiger charge is 2.19. The van der Waals surface area contributed by atoms with Crippen molar-refractivity contribution in [2.45, 2.75) is 0 Å². The van der Waals surface area contributed by atoms with Crippen molar-refractivity contribution in [3.8, 4) is 11.5 Å². The van der Waals surface area contributed by atoms with E-state index in [1.807, 2.05) is 30.3 Å². The molecule has 174 valence electrons.